The van der Waals surface area contributed by atoms with Gasteiger partial charge >= 0.3 is 0 Å². The van der Waals surface area contributed by atoms with E-state index in [-0.39, 0.29) is 4.90 Å². The topological polar surface area (TPSA) is 43.4 Å². The van der Waals surface area contributed by atoms with Gasteiger partial charge in [-0.15, -0.1) is 0 Å². The Bertz CT molecular complexity index is 1090. The highest BCUT2D eigenvalue weighted by Gasteiger charge is 2.17. The van der Waals surface area contributed by atoms with Crippen molar-refractivity contribution in [2.24, 2.45) is 0 Å². The van der Waals surface area contributed by atoms with Crippen molar-refractivity contribution in [1.82, 2.24) is 0 Å². The minimum Gasteiger partial charge on any atom is -0.264 e. The SMILES string of the molecule is CC(=C(c1ccc(C)cc1)c1ccc(C)cc1)c1ccc(S(=O)(=O)OC(C)C)cc1. The summed E-state index contributed by atoms with van der Waals surface area (Å²) in [5.74, 6) is 0. The molecule has 0 atom stereocenters. The van der Waals surface area contributed by atoms with Crippen molar-refractivity contribution >= 4 is 21.3 Å². The van der Waals surface area contributed by atoms with E-state index in [1.165, 1.54) is 11.1 Å². The molecule has 156 valence electrons. The molecular weight excluding hydrogens is 392 g/mol. The molecular formula is C26H28O3S. The molecule has 4 heteroatoms. The first-order valence-electron chi connectivity index (χ1n) is 10.1. The summed E-state index contributed by atoms with van der Waals surface area (Å²) in [7, 11) is -3.75. The molecule has 0 spiro atoms. The number of benzene rings is 3. The Kier molecular flexibility index (Phi) is 6.59. The van der Waals surface area contributed by atoms with Crippen molar-refractivity contribution < 1.29 is 12.6 Å². The molecule has 0 radical (unpaired) electrons. The van der Waals surface area contributed by atoms with Crippen molar-refractivity contribution in [3.05, 3.63) is 101 Å². The minimum absolute atomic E-state index is 0.167. The zero-order valence-electron chi connectivity index (χ0n) is 18.1. The van der Waals surface area contributed by atoms with Crippen LogP contribution in [-0.4, -0.2) is 14.5 Å². The van der Waals surface area contributed by atoms with E-state index in [0.717, 1.165) is 27.8 Å². The minimum atomic E-state index is -3.75. The van der Waals surface area contributed by atoms with E-state index in [1.807, 2.05) is 12.1 Å². The molecule has 3 aromatic carbocycles. The van der Waals surface area contributed by atoms with Gasteiger partial charge in [-0.1, -0.05) is 71.8 Å². The van der Waals surface area contributed by atoms with Gasteiger partial charge in [0.2, 0.25) is 0 Å². The highest BCUT2D eigenvalue weighted by Crippen LogP contribution is 2.33. The van der Waals surface area contributed by atoms with E-state index >= 15 is 0 Å². The van der Waals surface area contributed by atoms with Crippen molar-refractivity contribution in [3.8, 4) is 0 Å². The summed E-state index contributed by atoms with van der Waals surface area (Å²) < 4.78 is 29.8. The average molecular weight is 421 g/mol. The molecule has 0 aromatic heterocycles. The third-order valence-corrected chi connectivity index (χ3v) is 6.44. The van der Waals surface area contributed by atoms with Crippen LogP contribution in [0.25, 0.3) is 11.1 Å². The number of hydrogen-bond donors (Lipinski definition) is 0. The monoisotopic (exact) mass is 420 g/mol. The molecule has 3 aromatic rings. The fourth-order valence-corrected chi connectivity index (χ4v) is 4.45. The molecule has 3 rings (SSSR count). The summed E-state index contributed by atoms with van der Waals surface area (Å²) in [6, 6.07) is 23.8. The van der Waals surface area contributed by atoms with Crippen LogP contribution in [-0.2, 0) is 14.3 Å². The van der Waals surface area contributed by atoms with Crippen molar-refractivity contribution in [2.45, 2.75) is 45.6 Å². The lowest BCUT2D eigenvalue weighted by molar-refractivity contribution is 0.249. The maximum Gasteiger partial charge on any atom is 0.297 e. The molecule has 30 heavy (non-hydrogen) atoms. The van der Waals surface area contributed by atoms with Gasteiger partial charge in [-0.2, -0.15) is 8.42 Å². The second kappa shape index (κ2) is 8.99. The lowest BCUT2D eigenvalue weighted by Crippen LogP contribution is -2.12. The van der Waals surface area contributed by atoms with E-state index in [9.17, 15) is 8.42 Å². The number of allylic oxidation sites excluding steroid dienone is 1. The number of aryl methyl sites for hydroxylation is 2. The second-order valence-electron chi connectivity index (χ2n) is 7.86. The summed E-state index contributed by atoms with van der Waals surface area (Å²) in [6.07, 6.45) is -0.397. The van der Waals surface area contributed by atoms with Gasteiger partial charge in [-0.25, -0.2) is 0 Å². The van der Waals surface area contributed by atoms with Crippen LogP contribution < -0.4 is 0 Å². The van der Waals surface area contributed by atoms with Crippen LogP contribution in [0.4, 0.5) is 0 Å². The Morgan fingerprint density at radius 3 is 1.50 bits per heavy atom. The molecule has 0 unspecified atom stereocenters. The molecule has 0 heterocycles. The van der Waals surface area contributed by atoms with E-state index in [4.69, 9.17) is 4.18 Å². The fourth-order valence-electron chi connectivity index (χ4n) is 3.36. The van der Waals surface area contributed by atoms with Crippen molar-refractivity contribution in [1.29, 1.82) is 0 Å². The molecule has 0 aliphatic rings. The molecule has 0 aliphatic carbocycles. The van der Waals surface area contributed by atoms with Crippen molar-refractivity contribution in [2.75, 3.05) is 0 Å². The standard InChI is InChI=1S/C26H28O3S/c1-18(2)29-30(27,28)25-16-14-22(15-17-25)21(5)26(23-10-6-19(3)7-11-23)24-12-8-20(4)9-13-24/h6-18H,1-5H3. The van der Waals surface area contributed by atoms with Gasteiger partial charge in [0.25, 0.3) is 10.1 Å². The second-order valence-corrected chi connectivity index (χ2v) is 9.43. The Balaban J connectivity index is 2.10. The van der Waals surface area contributed by atoms with Crippen LogP contribution in [0.5, 0.6) is 0 Å². The third kappa shape index (κ3) is 5.07. The summed E-state index contributed by atoms with van der Waals surface area (Å²) in [5, 5.41) is 0. The first-order chi connectivity index (χ1) is 14.2. The fraction of sp³-hybridized carbons (Fsp3) is 0.231. The first kappa shape index (κ1) is 22.0. The van der Waals surface area contributed by atoms with Crippen LogP contribution in [0.2, 0.25) is 0 Å². The van der Waals surface area contributed by atoms with Gasteiger partial charge in [0.05, 0.1) is 11.0 Å². The Morgan fingerprint density at radius 1 is 0.700 bits per heavy atom. The molecule has 3 nitrogen and oxygen atoms in total. The summed E-state index contributed by atoms with van der Waals surface area (Å²) in [6.45, 7) is 9.63. The molecule has 0 fully saturated rings. The summed E-state index contributed by atoms with van der Waals surface area (Å²) >= 11 is 0. The number of rotatable bonds is 6. The zero-order valence-corrected chi connectivity index (χ0v) is 19.0. The van der Waals surface area contributed by atoms with E-state index in [2.05, 4.69) is 69.3 Å². The largest absolute Gasteiger partial charge is 0.297 e. The molecule has 0 saturated heterocycles. The van der Waals surface area contributed by atoms with E-state index in [0.29, 0.717) is 0 Å². The lowest BCUT2D eigenvalue weighted by atomic mass is 9.89. The predicted octanol–water partition coefficient (Wildman–Crippen LogP) is 6.40. The van der Waals surface area contributed by atoms with E-state index in [1.54, 1.807) is 26.0 Å². The Labute approximate surface area is 180 Å². The smallest absolute Gasteiger partial charge is 0.264 e. The van der Waals surface area contributed by atoms with Crippen molar-refractivity contribution in [3.63, 3.8) is 0 Å². The van der Waals surface area contributed by atoms with E-state index < -0.39 is 16.2 Å². The highest BCUT2D eigenvalue weighted by atomic mass is 32.2. The van der Waals surface area contributed by atoms with Crippen LogP contribution in [0.15, 0.2) is 77.7 Å². The quantitative estimate of drug-likeness (QED) is 0.342. The zero-order chi connectivity index (χ0) is 21.9. The summed E-state index contributed by atoms with van der Waals surface area (Å²) in [5.41, 5.74) is 7.84. The Hall–Kier alpha value is -2.69. The highest BCUT2D eigenvalue weighted by molar-refractivity contribution is 7.86. The molecule has 0 aliphatic heterocycles. The third-order valence-electron chi connectivity index (χ3n) is 4.95. The first-order valence-corrected chi connectivity index (χ1v) is 11.5. The van der Waals surface area contributed by atoms with Gasteiger partial charge < -0.3 is 0 Å². The van der Waals surface area contributed by atoms with Crippen LogP contribution in [0.3, 0.4) is 0 Å². The van der Waals surface area contributed by atoms with Gasteiger partial charge in [0.15, 0.2) is 0 Å². The normalized spacial score (nSPS) is 11.5. The summed E-state index contributed by atoms with van der Waals surface area (Å²) in [4.78, 5) is 0.167. The van der Waals surface area contributed by atoms with Crippen LogP contribution in [0, 0.1) is 13.8 Å². The molecule has 0 saturated carbocycles. The Morgan fingerprint density at radius 2 is 1.10 bits per heavy atom. The van der Waals surface area contributed by atoms with Crippen LogP contribution >= 0.6 is 0 Å². The number of hydrogen-bond acceptors (Lipinski definition) is 3. The maximum absolute atomic E-state index is 12.3. The molecule has 0 bridgehead atoms. The molecule has 0 amide bonds. The predicted molar refractivity (Wildman–Crippen MR) is 124 cm³/mol. The van der Waals surface area contributed by atoms with Crippen LogP contribution in [0.1, 0.15) is 48.6 Å². The van der Waals surface area contributed by atoms with Gasteiger partial charge in [0, 0.05) is 0 Å². The van der Waals surface area contributed by atoms with Gasteiger partial charge in [-0.3, -0.25) is 4.18 Å². The lowest BCUT2D eigenvalue weighted by Gasteiger charge is -2.15. The molecule has 0 N–H and O–H groups in total. The van der Waals surface area contributed by atoms with Gasteiger partial charge in [0.1, 0.15) is 0 Å². The van der Waals surface area contributed by atoms with Gasteiger partial charge in [-0.05, 0) is 74.6 Å². The maximum atomic E-state index is 12.3. The average Bonchev–Trinajstić information content (AvgIpc) is 2.70.